The second-order valence-electron chi connectivity index (χ2n) is 7.14. The summed E-state index contributed by atoms with van der Waals surface area (Å²) in [6.45, 7) is 0. The minimum absolute atomic E-state index is 0.00222. The summed E-state index contributed by atoms with van der Waals surface area (Å²) in [6.07, 6.45) is 0. The highest BCUT2D eigenvalue weighted by atomic mass is 16.5. The number of hydrogen-bond donors (Lipinski definition) is 3. The molecule has 2 heterocycles. The summed E-state index contributed by atoms with van der Waals surface area (Å²) in [5.74, 6) is 1.18. The van der Waals surface area contributed by atoms with Crippen LogP contribution in [0.15, 0.2) is 24.3 Å². The third-order valence-electron chi connectivity index (χ3n) is 5.51. The van der Waals surface area contributed by atoms with Crippen molar-refractivity contribution in [2.45, 2.75) is 5.92 Å². The summed E-state index contributed by atoms with van der Waals surface area (Å²) < 4.78 is 28.3. The molecule has 0 radical (unpaired) electrons. The lowest BCUT2D eigenvalue weighted by atomic mass is 9.81. The maximum Gasteiger partial charge on any atom is 0.227 e. The zero-order chi connectivity index (χ0) is 23.9. The van der Waals surface area contributed by atoms with Crippen molar-refractivity contribution in [1.29, 1.82) is 5.26 Å². The van der Waals surface area contributed by atoms with Crippen LogP contribution in [-0.2, 0) is 0 Å². The second-order valence-corrected chi connectivity index (χ2v) is 7.14. The van der Waals surface area contributed by atoms with Gasteiger partial charge in [-0.2, -0.15) is 10.2 Å². The van der Waals surface area contributed by atoms with E-state index in [0.29, 0.717) is 45.4 Å². The van der Waals surface area contributed by atoms with Crippen LogP contribution in [-0.4, -0.2) is 38.5 Å². The number of nitrogens with zero attached hydrogens (tertiary/aromatic N) is 2. The van der Waals surface area contributed by atoms with Crippen LogP contribution in [0.4, 0.5) is 11.5 Å². The van der Waals surface area contributed by atoms with Gasteiger partial charge in [-0.3, -0.25) is 0 Å². The molecule has 1 atom stereocenters. The fraction of sp³-hybridized carbons (Fsp3) is 0.217. The van der Waals surface area contributed by atoms with Crippen LogP contribution < -0.4 is 35.2 Å². The van der Waals surface area contributed by atoms with E-state index in [0.717, 1.165) is 0 Å². The highest BCUT2D eigenvalue weighted by Gasteiger charge is 2.37. The van der Waals surface area contributed by atoms with Gasteiger partial charge in [0.25, 0.3) is 0 Å². The van der Waals surface area contributed by atoms with E-state index in [1.165, 1.54) is 40.6 Å². The van der Waals surface area contributed by atoms with Gasteiger partial charge in [-0.15, -0.1) is 0 Å². The summed E-state index contributed by atoms with van der Waals surface area (Å²) in [7, 11) is 5.97. The molecule has 0 amide bonds. The van der Waals surface area contributed by atoms with Gasteiger partial charge in [0.15, 0.2) is 11.5 Å². The highest BCUT2D eigenvalue weighted by molar-refractivity contribution is 5.77. The number of benzene rings is 2. The van der Waals surface area contributed by atoms with Gasteiger partial charge in [0.05, 0.1) is 39.7 Å². The lowest BCUT2D eigenvalue weighted by Gasteiger charge is -2.31. The Hall–Kier alpha value is -4.52. The fourth-order valence-corrected chi connectivity index (χ4v) is 4.09. The molecular weight excluding hydrogens is 428 g/mol. The van der Waals surface area contributed by atoms with Gasteiger partial charge in [-0.25, -0.2) is 0 Å². The van der Waals surface area contributed by atoms with Gasteiger partial charge in [0, 0.05) is 23.1 Å². The molecule has 1 aromatic heterocycles. The summed E-state index contributed by atoms with van der Waals surface area (Å²) in [5, 5.41) is 19.7. The normalized spacial score (nSPS) is 13.7. The molecule has 0 saturated carbocycles. The maximum atomic E-state index is 10.0. The first kappa shape index (κ1) is 21.7. The van der Waals surface area contributed by atoms with E-state index >= 15 is 0 Å². The largest absolute Gasteiger partial charge is 0.508 e. The molecular formula is C23H22N4O6. The van der Waals surface area contributed by atoms with Crippen molar-refractivity contribution in [1.82, 2.24) is 4.98 Å². The van der Waals surface area contributed by atoms with E-state index < -0.39 is 5.92 Å². The predicted octanol–water partition coefficient (Wildman–Crippen LogP) is 3.14. The van der Waals surface area contributed by atoms with Crippen molar-refractivity contribution < 1.29 is 28.8 Å². The van der Waals surface area contributed by atoms with Gasteiger partial charge in [0.2, 0.25) is 17.4 Å². The van der Waals surface area contributed by atoms with Crippen molar-refractivity contribution in [3.63, 3.8) is 0 Å². The van der Waals surface area contributed by atoms with Crippen molar-refractivity contribution in [3.8, 4) is 46.4 Å². The van der Waals surface area contributed by atoms with Crippen molar-refractivity contribution in [2.24, 2.45) is 0 Å². The van der Waals surface area contributed by atoms with Gasteiger partial charge in [-0.05, 0) is 12.1 Å². The van der Waals surface area contributed by atoms with Gasteiger partial charge < -0.3 is 40.3 Å². The zero-order valence-corrected chi connectivity index (χ0v) is 18.4. The Morgan fingerprint density at radius 1 is 0.970 bits per heavy atom. The van der Waals surface area contributed by atoms with Crippen LogP contribution in [0.2, 0.25) is 0 Å². The Bertz CT molecular complexity index is 1300. The molecule has 0 spiro atoms. The number of ether oxygens (including phenoxy) is 5. The van der Waals surface area contributed by atoms with Gasteiger partial charge in [0.1, 0.15) is 28.9 Å². The van der Waals surface area contributed by atoms with Crippen molar-refractivity contribution in [3.05, 3.63) is 46.5 Å². The van der Waals surface area contributed by atoms with Gasteiger partial charge >= 0.3 is 0 Å². The summed E-state index contributed by atoms with van der Waals surface area (Å²) in [5.41, 5.74) is 14.2. The maximum absolute atomic E-state index is 10.0. The molecule has 0 aliphatic carbocycles. The number of nitrogens with two attached hydrogens (primary N) is 2. The minimum atomic E-state index is -0.631. The van der Waals surface area contributed by atoms with Crippen LogP contribution in [0.3, 0.4) is 0 Å². The zero-order valence-electron chi connectivity index (χ0n) is 18.4. The van der Waals surface area contributed by atoms with Crippen LogP contribution in [0.1, 0.15) is 28.2 Å². The number of phenolic OH excluding ortho intramolecular Hbond substituents is 1. The minimum Gasteiger partial charge on any atom is -0.508 e. The highest BCUT2D eigenvalue weighted by Crippen LogP contribution is 2.56. The van der Waals surface area contributed by atoms with Crippen molar-refractivity contribution in [2.75, 3.05) is 39.9 Å². The molecule has 2 aromatic carbocycles. The van der Waals surface area contributed by atoms with E-state index in [4.69, 9.17) is 35.2 Å². The molecule has 5 N–H and O–H groups in total. The summed E-state index contributed by atoms with van der Waals surface area (Å²) >= 11 is 0. The molecule has 170 valence electrons. The first-order chi connectivity index (χ1) is 15.9. The Balaban J connectivity index is 2.14. The molecule has 3 aromatic rings. The Morgan fingerprint density at radius 3 is 2.27 bits per heavy atom. The Morgan fingerprint density at radius 2 is 1.67 bits per heavy atom. The number of nitrogen functional groups attached to an aromatic ring is 2. The molecule has 0 fully saturated rings. The molecule has 0 saturated heterocycles. The second kappa shape index (κ2) is 8.20. The Kier molecular flexibility index (Phi) is 5.39. The number of aromatic nitrogens is 1. The average molecular weight is 450 g/mol. The lowest BCUT2D eigenvalue weighted by molar-refractivity contribution is 0.303. The standard InChI is InChI=1S/C23H22N4O6/c1-29-15-8-12(19(30-2)21(32-4)20(15)31-3)16-11-6-5-10(28)7-14(11)33-23-17(16)18(25)13(9-24)22(26)27-23/h5-8,16,28H,1-4H3,(H4,25,26,27). The molecule has 1 unspecified atom stereocenters. The molecule has 1 aliphatic rings. The number of aromatic hydroxyl groups is 1. The Labute approximate surface area is 189 Å². The molecule has 10 heteroatoms. The summed E-state index contributed by atoms with van der Waals surface area (Å²) in [4.78, 5) is 4.27. The third kappa shape index (κ3) is 3.22. The monoisotopic (exact) mass is 450 g/mol. The van der Waals surface area contributed by atoms with Crippen molar-refractivity contribution >= 4 is 11.5 Å². The smallest absolute Gasteiger partial charge is 0.227 e. The number of anilines is 2. The van der Waals surface area contributed by atoms with E-state index in [9.17, 15) is 10.4 Å². The third-order valence-corrected chi connectivity index (χ3v) is 5.51. The number of nitriles is 1. The number of methoxy groups -OCH3 is 4. The fourth-order valence-electron chi connectivity index (χ4n) is 4.09. The van der Waals surface area contributed by atoms with E-state index in [2.05, 4.69) is 4.98 Å². The number of pyridine rings is 1. The van der Waals surface area contributed by atoms with E-state index in [1.807, 2.05) is 6.07 Å². The quantitative estimate of drug-likeness (QED) is 0.413. The number of hydrogen-bond acceptors (Lipinski definition) is 10. The summed E-state index contributed by atoms with van der Waals surface area (Å²) in [6, 6.07) is 8.42. The first-order valence-electron chi connectivity index (χ1n) is 9.76. The molecule has 0 bridgehead atoms. The molecule has 33 heavy (non-hydrogen) atoms. The molecule has 4 rings (SSSR count). The SMILES string of the molecule is COc1cc(C2c3ccc(O)cc3Oc3nc(N)c(C#N)c(N)c32)c(OC)c(OC)c1OC. The first-order valence-corrected chi connectivity index (χ1v) is 9.76. The predicted molar refractivity (Wildman–Crippen MR) is 120 cm³/mol. The van der Waals surface area contributed by atoms with Crippen LogP contribution in [0.5, 0.6) is 40.4 Å². The van der Waals surface area contributed by atoms with Gasteiger partial charge in [-0.1, -0.05) is 6.07 Å². The van der Waals surface area contributed by atoms with E-state index in [-0.39, 0.29) is 28.7 Å². The number of phenols is 1. The lowest BCUT2D eigenvalue weighted by Crippen LogP contribution is -2.18. The average Bonchev–Trinajstić information content (AvgIpc) is 2.81. The van der Waals surface area contributed by atoms with E-state index in [1.54, 1.807) is 12.1 Å². The number of fused-ring (bicyclic) bond motifs is 2. The molecule has 10 nitrogen and oxygen atoms in total. The van der Waals surface area contributed by atoms with Crippen LogP contribution in [0, 0.1) is 11.3 Å². The molecule has 1 aliphatic heterocycles. The van der Waals surface area contributed by atoms with Crippen LogP contribution in [0.25, 0.3) is 0 Å². The number of rotatable bonds is 5. The van der Waals surface area contributed by atoms with Crippen LogP contribution >= 0.6 is 0 Å². The topological polar surface area (TPSA) is 155 Å².